The molecule has 5 heteroatoms. The maximum Gasteiger partial charge on any atom is 0.339 e. The Balaban J connectivity index is 2.16. The molecule has 0 spiro atoms. The van der Waals surface area contributed by atoms with Crippen LogP contribution in [0.5, 0.6) is 0 Å². The van der Waals surface area contributed by atoms with Crippen molar-refractivity contribution in [3.05, 3.63) is 53.6 Å². The van der Waals surface area contributed by atoms with Gasteiger partial charge in [-0.2, -0.15) is 0 Å². The van der Waals surface area contributed by atoms with E-state index in [9.17, 15) is 4.79 Å². The van der Waals surface area contributed by atoms with Crippen molar-refractivity contribution in [2.75, 3.05) is 5.32 Å². The zero-order valence-corrected chi connectivity index (χ0v) is 9.92. The smallest absolute Gasteiger partial charge is 0.339 e. The van der Waals surface area contributed by atoms with E-state index < -0.39 is 5.97 Å². The van der Waals surface area contributed by atoms with E-state index >= 15 is 0 Å². The topological polar surface area (TPSA) is 75.1 Å². The Morgan fingerprint density at radius 2 is 2.00 bits per heavy atom. The molecule has 0 amide bonds. The summed E-state index contributed by atoms with van der Waals surface area (Å²) in [6.45, 7) is 2.52. The average molecular weight is 243 g/mol. The van der Waals surface area contributed by atoms with Crippen LogP contribution < -0.4 is 5.32 Å². The fourth-order valence-corrected chi connectivity index (χ4v) is 1.61. The maximum absolute atomic E-state index is 11.0. The lowest BCUT2D eigenvalue weighted by molar-refractivity contribution is 0.0697. The van der Waals surface area contributed by atoms with Gasteiger partial charge in [0.2, 0.25) is 0 Å². The van der Waals surface area contributed by atoms with Crippen LogP contribution in [-0.2, 0) is 6.54 Å². The second kappa shape index (κ2) is 5.27. The molecule has 0 saturated carbocycles. The lowest BCUT2D eigenvalue weighted by Crippen LogP contribution is -2.07. The molecule has 0 bridgehead atoms. The zero-order chi connectivity index (χ0) is 13.0. The minimum Gasteiger partial charge on any atom is -0.478 e. The number of aromatic carboxylic acids is 1. The number of aromatic nitrogens is 2. The van der Waals surface area contributed by atoms with Gasteiger partial charge in [-0.1, -0.05) is 0 Å². The Labute approximate surface area is 105 Å². The standard InChI is InChI=1S/C13H13N3O2/c1-9-6-14-4-2-10(9)7-16-12-3-5-15-8-11(12)13(17)18/h2-6,8H,7H2,1H3,(H,15,16)(H,17,18). The van der Waals surface area contributed by atoms with E-state index in [1.54, 1.807) is 24.7 Å². The van der Waals surface area contributed by atoms with Crippen molar-refractivity contribution in [2.45, 2.75) is 13.5 Å². The van der Waals surface area contributed by atoms with Crippen molar-refractivity contribution in [3.63, 3.8) is 0 Å². The summed E-state index contributed by atoms with van der Waals surface area (Å²) >= 11 is 0. The van der Waals surface area contributed by atoms with Crippen LogP contribution in [0.1, 0.15) is 21.5 Å². The van der Waals surface area contributed by atoms with Gasteiger partial charge < -0.3 is 10.4 Å². The average Bonchev–Trinajstić information content (AvgIpc) is 2.38. The van der Waals surface area contributed by atoms with Crippen molar-refractivity contribution >= 4 is 11.7 Å². The Morgan fingerprint density at radius 3 is 2.72 bits per heavy atom. The monoisotopic (exact) mass is 243 g/mol. The first kappa shape index (κ1) is 12.0. The molecule has 2 rings (SSSR count). The Kier molecular flexibility index (Phi) is 3.52. The van der Waals surface area contributed by atoms with Crippen LogP contribution in [0.4, 0.5) is 5.69 Å². The molecule has 18 heavy (non-hydrogen) atoms. The number of aryl methyl sites for hydroxylation is 1. The summed E-state index contributed by atoms with van der Waals surface area (Å²) in [7, 11) is 0. The molecule has 92 valence electrons. The van der Waals surface area contributed by atoms with E-state index in [-0.39, 0.29) is 5.56 Å². The normalized spacial score (nSPS) is 10.1. The summed E-state index contributed by atoms with van der Waals surface area (Å²) < 4.78 is 0. The minimum atomic E-state index is -0.989. The highest BCUT2D eigenvalue weighted by Crippen LogP contribution is 2.15. The Hall–Kier alpha value is -2.43. The fourth-order valence-electron chi connectivity index (χ4n) is 1.61. The maximum atomic E-state index is 11.0. The highest BCUT2D eigenvalue weighted by molar-refractivity contribution is 5.93. The molecule has 2 aromatic heterocycles. The molecule has 0 fully saturated rings. The van der Waals surface area contributed by atoms with Crippen LogP contribution in [0.3, 0.4) is 0 Å². The van der Waals surface area contributed by atoms with Crippen molar-refractivity contribution in [3.8, 4) is 0 Å². The van der Waals surface area contributed by atoms with Crippen LogP contribution in [0.15, 0.2) is 36.9 Å². The molecule has 0 saturated heterocycles. The Morgan fingerprint density at radius 1 is 1.28 bits per heavy atom. The molecule has 2 heterocycles. The lowest BCUT2D eigenvalue weighted by Gasteiger charge is -2.10. The molecule has 2 N–H and O–H groups in total. The van der Waals surface area contributed by atoms with Gasteiger partial charge in [-0.3, -0.25) is 9.97 Å². The first-order chi connectivity index (χ1) is 8.68. The minimum absolute atomic E-state index is 0.171. The molecule has 0 atom stereocenters. The third-order valence-corrected chi connectivity index (χ3v) is 2.66. The predicted octanol–water partition coefficient (Wildman–Crippen LogP) is 2.10. The van der Waals surface area contributed by atoms with Crippen molar-refractivity contribution in [1.82, 2.24) is 9.97 Å². The van der Waals surface area contributed by atoms with Crippen LogP contribution in [0.2, 0.25) is 0 Å². The quantitative estimate of drug-likeness (QED) is 0.860. The van der Waals surface area contributed by atoms with E-state index in [2.05, 4.69) is 15.3 Å². The van der Waals surface area contributed by atoms with Gasteiger partial charge in [0, 0.05) is 31.3 Å². The first-order valence-electron chi connectivity index (χ1n) is 5.49. The first-order valence-corrected chi connectivity index (χ1v) is 5.49. The molecule has 5 nitrogen and oxygen atoms in total. The lowest BCUT2D eigenvalue weighted by atomic mass is 10.1. The summed E-state index contributed by atoms with van der Waals surface area (Å²) in [6.07, 6.45) is 6.40. The number of pyridine rings is 2. The molecular weight excluding hydrogens is 230 g/mol. The molecule has 2 aromatic rings. The molecule has 0 aliphatic rings. The highest BCUT2D eigenvalue weighted by Gasteiger charge is 2.09. The summed E-state index contributed by atoms with van der Waals surface area (Å²) in [4.78, 5) is 18.8. The van der Waals surface area contributed by atoms with E-state index in [1.165, 1.54) is 6.20 Å². The number of hydrogen-bond acceptors (Lipinski definition) is 4. The predicted molar refractivity (Wildman–Crippen MR) is 67.5 cm³/mol. The summed E-state index contributed by atoms with van der Waals surface area (Å²) in [5.41, 5.74) is 2.88. The van der Waals surface area contributed by atoms with Gasteiger partial charge in [0.05, 0.1) is 5.69 Å². The molecule has 0 unspecified atom stereocenters. The van der Waals surface area contributed by atoms with Crippen LogP contribution in [-0.4, -0.2) is 21.0 Å². The summed E-state index contributed by atoms with van der Waals surface area (Å²) in [5, 5.41) is 12.1. The number of rotatable bonds is 4. The van der Waals surface area contributed by atoms with Crippen molar-refractivity contribution in [2.24, 2.45) is 0 Å². The van der Waals surface area contributed by atoms with Gasteiger partial charge in [0.15, 0.2) is 0 Å². The van der Waals surface area contributed by atoms with Crippen LogP contribution >= 0.6 is 0 Å². The van der Waals surface area contributed by atoms with Crippen molar-refractivity contribution < 1.29 is 9.90 Å². The zero-order valence-electron chi connectivity index (χ0n) is 9.92. The highest BCUT2D eigenvalue weighted by atomic mass is 16.4. The largest absolute Gasteiger partial charge is 0.478 e. The number of carboxylic acids is 1. The number of nitrogens with zero attached hydrogens (tertiary/aromatic N) is 2. The van der Waals surface area contributed by atoms with E-state index in [0.29, 0.717) is 12.2 Å². The number of hydrogen-bond donors (Lipinski definition) is 2. The molecule has 0 aliphatic carbocycles. The van der Waals surface area contributed by atoms with Gasteiger partial charge in [0.1, 0.15) is 5.56 Å². The van der Waals surface area contributed by atoms with Gasteiger partial charge >= 0.3 is 5.97 Å². The van der Waals surface area contributed by atoms with Gasteiger partial charge in [-0.25, -0.2) is 4.79 Å². The fraction of sp³-hybridized carbons (Fsp3) is 0.154. The van der Waals surface area contributed by atoms with Crippen LogP contribution in [0, 0.1) is 6.92 Å². The SMILES string of the molecule is Cc1cnccc1CNc1ccncc1C(=O)O. The second-order valence-corrected chi connectivity index (χ2v) is 3.88. The van der Waals surface area contributed by atoms with Crippen molar-refractivity contribution in [1.29, 1.82) is 0 Å². The number of anilines is 1. The van der Waals surface area contributed by atoms with E-state index in [1.807, 2.05) is 13.0 Å². The second-order valence-electron chi connectivity index (χ2n) is 3.88. The van der Waals surface area contributed by atoms with E-state index in [0.717, 1.165) is 11.1 Å². The Bertz CT molecular complexity index is 570. The van der Waals surface area contributed by atoms with Gasteiger partial charge in [0.25, 0.3) is 0 Å². The van der Waals surface area contributed by atoms with Gasteiger partial charge in [-0.15, -0.1) is 0 Å². The van der Waals surface area contributed by atoms with E-state index in [4.69, 9.17) is 5.11 Å². The number of carbonyl (C=O) groups is 1. The molecule has 0 radical (unpaired) electrons. The molecule has 0 aromatic carbocycles. The molecule has 0 aliphatic heterocycles. The molecular formula is C13H13N3O2. The third kappa shape index (κ3) is 2.63. The third-order valence-electron chi connectivity index (χ3n) is 2.66. The number of nitrogens with one attached hydrogen (secondary N) is 1. The summed E-state index contributed by atoms with van der Waals surface area (Å²) in [6, 6.07) is 3.56. The van der Waals surface area contributed by atoms with Crippen LogP contribution in [0.25, 0.3) is 0 Å². The number of carboxylic acid groups (broad SMARTS) is 1. The van der Waals surface area contributed by atoms with Gasteiger partial charge in [-0.05, 0) is 30.2 Å². The summed E-state index contributed by atoms with van der Waals surface area (Å²) in [5.74, 6) is -0.989.